The van der Waals surface area contributed by atoms with Gasteiger partial charge in [0.1, 0.15) is 17.2 Å². The summed E-state index contributed by atoms with van der Waals surface area (Å²) in [4.78, 5) is 10.2. The van der Waals surface area contributed by atoms with Gasteiger partial charge < -0.3 is 10.5 Å². The maximum atomic E-state index is 10.7. The van der Waals surface area contributed by atoms with Crippen molar-refractivity contribution >= 4 is 11.4 Å². The lowest BCUT2D eigenvalue weighted by atomic mass is 10.1. The van der Waals surface area contributed by atoms with Crippen LogP contribution >= 0.6 is 0 Å². The van der Waals surface area contributed by atoms with E-state index in [1.54, 1.807) is 6.07 Å². The number of hydrogen-bond acceptors (Lipinski definition) is 4. The molecule has 2 aromatic rings. The number of nitrogens with two attached hydrogens (primary N) is 1. The van der Waals surface area contributed by atoms with E-state index in [1.807, 2.05) is 31.2 Å². The molecule has 0 unspecified atom stereocenters. The minimum absolute atomic E-state index is 0.0940. The standard InChI is InChI=1S/C14H14N2O3/c1-2-10-5-3-4-6-14(10)19-11-7-8-13(16(17)18)12(15)9-11/h3-9H,2,15H2,1H3. The summed E-state index contributed by atoms with van der Waals surface area (Å²) in [6, 6.07) is 12.0. The van der Waals surface area contributed by atoms with Crippen molar-refractivity contribution in [2.24, 2.45) is 0 Å². The van der Waals surface area contributed by atoms with Crippen molar-refractivity contribution < 1.29 is 9.66 Å². The Morgan fingerprint density at radius 1 is 1.26 bits per heavy atom. The highest BCUT2D eigenvalue weighted by molar-refractivity contribution is 5.61. The number of anilines is 1. The molecule has 0 fully saturated rings. The Balaban J connectivity index is 2.29. The predicted molar refractivity (Wildman–Crippen MR) is 73.4 cm³/mol. The van der Waals surface area contributed by atoms with Crippen molar-refractivity contribution in [2.45, 2.75) is 13.3 Å². The van der Waals surface area contributed by atoms with Gasteiger partial charge in [-0.2, -0.15) is 0 Å². The number of para-hydroxylation sites is 1. The Hall–Kier alpha value is -2.56. The highest BCUT2D eigenvalue weighted by atomic mass is 16.6. The fourth-order valence-electron chi connectivity index (χ4n) is 1.78. The molecule has 0 aromatic heterocycles. The predicted octanol–water partition coefficient (Wildman–Crippen LogP) is 3.53. The largest absolute Gasteiger partial charge is 0.457 e. The lowest BCUT2D eigenvalue weighted by Crippen LogP contribution is -1.96. The maximum absolute atomic E-state index is 10.7. The molecule has 0 spiro atoms. The molecule has 2 rings (SSSR count). The van der Waals surface area contributed by atoms with E-state index in [0.29, 0.717) is 5.75 Å². The number of ether oxygens (including phenoxy) is 1. The van der Waals surface area contributed by atoms with E-state index >= 15 is 0 Å². The maximum Gasteiger partial charge on any atom is 0.292 e. The first-order valence-corrected chi connectivity index (χ1v) is 5.91. The van der Waals surface area contributed by atoms with Gasteiger partial charge >= 0.3 is 0 Å². The van der Waals surface area contributed by atoms with Gasteiger partial charge in [0.15, 0.2) is 0 Å². The molecule has 0 saturated heterocycles. The zero-order valence-corrected chi connectivity index (χ0v) is 10.5. The Morgan fingerprint density at radius 3 is 2.63 bits per heavy atom. The summed E-state index contributed by atoms with van der Waals surface area (Å²) in [7, 11) is 0. The van der Waals surface area contributed by atoms with E-state index in [9.17, 15) is 10.1 Å². The quantitative estimate of drug-likeness (QED) is 0.517. The van der Waals surface area contributed by atoms with Crippen molar-refractivity contribution in [3.63, 3.8) is 0 Å². The van der Waals surface area contributed by atoms with E-state index < -0.39 is 4.92 Å². The van der Waals surface area contributed by atoms with Crippen LogP contribution in [0.25, 0.3) is 0 Å². The number of nitrogens with zero attached hydrogens (tertiary/aromatic N) is 1. The number of aryl methyl sites for hydroxylation is 1. The fourth-order valence-corrected chi connectivity index (χ4v) is 1.78. The average molecular weight is 258 g/mol. The van der Waals surface area contributed by atoms with Gasteiger partial charge in [0.2, 0.25) is 0 Å². The third kappa shape index (κ3) is 2.82. The van der Waals surface area contributed by atoms with Gasteiger partial charge in [-0.1, -0.05) is 25.1 Å². The first kappa shape index (κ1) is 12.9. The zero-order chi connectivity index (χ0) is 13.8. The van der Waals surface area contributed by atoms with Crippen molar-refractivity contribution in [3.8, 4) is 11.5 Å². The minimum Gasteiger partial charge on any atom is -0.457 e. The van der Waals surface area contributed by atoms with Crippen LogP contribution in [0.2, 0.25) is 0 Å². The molecule has 0 saturated carbocycles. The van der Waals surface area contributed by atoms with Crippen LogP contribution < -0.4 is 10.5 Å². The molecular formula is C14H14N2O3. The van der Waals surface area contributed by atoms with Crippen molar-refractivity contribution in [1.82, 2.24) is 0 Å². The number of nitro groups is 1. The summed E-state index contributed by atoms with van der Waals surface area (Å²) in [5, 5.41) is 10.7. The van der Waals surface area contributed by atoms with Crippen molar-refractivity contribution in [2.75, 3.05) is 5.73 Å². The van der Waals surface area contributed by atoms with Gasteiger partial charge in [-0.15, -0.1) is 0 Å². The molecule has 5 heteroatoms. The molecule has 0 aliphatic rings. The second kappa shape index (κ2) is 5.39. The number of nitro benzene ring substituents is 1. The van der Waals surface area contributed by atoms with E-state index in [1.165, 1.54) is 12.1 Å². The first-order valence-electron chi connectivity index (χ1n) is 5.91. The van der Waals surface area contributed by atoms with E-state index in [2.05, 4.69) is 0 Å². The van der Waals surface area contributed by atoms with Crippen LogP contribution in [0.4, 0.5) is 11.4 Å². The Labute approximate surface area is 110 Å². The lowest BCUT2D eigenvalue weighted by Gasteiger charge is -2.10. The van der Waals surface area contributed by atoms with Crippen LogP contribution in [0.15, 0.2) is 42.5 Å². The molecule has 98 valence electrons. The normalized spacial score (nSPS) is 10.2. The third-order valence-electron chi connectivity index (χ3n) is 2.78. The number of benzene rings is 2. The van der Waals surface area contributed by atoms with E-state index in [0.717, 1.165) is 17.7 Å². The van der Waals surface area contributed by atoms with Gasteiger partial charge in [-0.05, 0) is 24.1 Å². The Kier molecular flexibility index (Phi) is 3.66. The van der Waals surface area contributed by atoms with Crippen LogP contribution in [0, 0.1) is 10.1 Å². The van der Waals surface area contributed by atoms with Gasteiger partial charge in [0, 0.05) is 12.1 Å². The number of nitrogen functional groups attached to an aromatic ring is 1. The molecule has 0 radical (unpaired) electrons. The van der Waals surface area contributed by atoms with E-state index in [4.69, 9.17) is 10.5 Å². The van der Waals surface area contributed by atoms with Crippen LogP contribution in [0.5, 0.6) is 11.5 Å². The molecule has 0 atom stereocenters. The van der Waals surface area contributed by atoms with Gasteiger partial charge in [-0.3, -0.25) is 10.1 Å². The van der Waals surface area contributed by atoms with E-state index in [-0.39, 0.29) is 11.4 Å². The molecular weight excluding hydrogens is 244 g/mol. The summed E-state index contributed by atoms with van der Waals surface area (Å²) in [6.45, 7) is 2.03. The second-order valence-corrected chi connectivity index (χ2v) is 4.04. The van der Waals surface area contributed by atoms with Crippen molar-refractivity contribution in [3.05, 3.63) is 58.1 Å². The minimum atomic E-state index is -0.515. The smallest absolute Gasteiger partial charge is 0.292 e. The molecule has 2 N–H and O–H groups in total. The van der Waals surface area contributed by atoms with Gasteiger partial charge in [0.25, 0.3) is 5.69 Å². The number of hydrogen-bond donors (Lipinski definition) is 1. The highest BCUT2D eigenvalue weighted by Gasteiger charge is 2.12. The summed E-state index contributed by atoms with van der Waals surface area (Å²) in [6.07, 6.45) is 0.846. The van der Waals surface area contributed by atoms with Crippen LogP contribution in [0.1, 0.15) is 12.5 Å². The Bertz CT molecular complexity index is 611. The second-order valence-electron chi connectivity index (χ2n) is 4.04. The SMILES string of the molecule is CCc1ccccc1Oc1ccc([N+](=O)[O-])c(N)c1. The summed E-state index contributed by atoms with van der Waals surface area (Å²) in [5.41, 5.74) is 6.67. The molecule has 2 aromatic carbocycles. The molecule has 0 heterocycles. The van der Waals surface area contributed by atoms with Crippen LogP contribution in [-0.4, -0.2) is 4.92 Å². The first-order chi connectivity index (χ1) is 9.11. The molecule has 5 nitrogen and oxygen atoms in total. The lowest BCUT2D eigenvalue weighted by molar-refractivity contribution is -0.383. The average Bonchev–Trinajstić information content (AvgIpc) is 2.39. The monoisotopic (exact) mass is 258 g/mol. The van der Waals surface area contributed by atoms with Crippen molar-refractivity contribution in [1.29, 1.82) is 0 Å². The zero-order valence-electron chi connectivity index (χ0n) is 10.5. The molecule has 19 heavy (non-hydrogen) atoms. The molecule has 0 amide bonds. The third-order valence-corrected chi connectivity index (χ3v) is 2.78. The summed E-state index contributed by atoms with van der Waals surface area (Å²) < 4.78 is 5.71. The molecule has 0 aliphatic carbocycles. The highest BCUT2D eigenvalue weighted by Crippen LogP contribution is 2.30. The molecule has 0 aliphatic heterocycles. The molecule has 0 bridgehead atoms. The van der Waals surface area contributed by atoms with Gasteiger partial charge in [0.05, 0.1) is 4.92 Å². The van der Waals surface area contributed by atoms with Crippen LogP contribution in [0.3, 0.4) is 0 Å². The fraction of sp³-hybridized carbons (Fsp3) is 0.143. The van der Waals surface area contributed by atoms with Gasteiger partial charge in [-0.25, -0.2) is 0 Å². The summed E-state index contributed by atoms with van der Waals surface area (Å²) >= 11 is 0. The summed E-state index contributed by atoms with van der Waals surface area (Å²) in [5.74, 6) is 1.22. The Morgan fingerprint density at radius 2 is 2.00 bits per heavy atom. The number of rotatable bonds is 4. The van der Waals surface area contributed by atoms with Crippen LogP contribution in [-0.2, 0) is 6.42 Å². The topological polar surface area (TPSA) is 78.4 Å².